The van der Waals surface area contributed by atoms with Crippen LogP contribution in [0.1, 0.15) is 33.3 Å². The molecule has 1 aliphatic rings. The van der Waals surface area contributed by atoms with Gasteiger partial charge in [0.15, 0.2) is 11.8 Å². The van der Waals surface area contributed by atoms with Crippen LogP contribution in [-0.4, -0.2) is 50.9 Å². The maximum Gasteiger partial charge on any atom is 1.00 e. The summed E-state index contributed by atoms with van der Waals surface area (Å²) < 4.78 is 1.44. The number of amides is 3. The van der Waals surface area contributed by atoms with Crippen molar-refractivity contribution in [1.29, 1.82) is 0 Å². The quantitative estimate of drug-likeness (QED) is 0.269. The number of carbonyl (C=O) groups is 4. The molecule has 0 saturated carbocycles. The van der Waals surface area contributed by atoms with Crippen LogP contribution in [0.4, 0.5) is 4.79 Å². The van der Waals surface area contributed by atoms with E-state index in [0.717, 1.165) is 5.56 Å². The van der Waals surface area contributed by atoms with E-state index in [1.54, 1.807) is 56.4 Å². The van der Waals surface area contributed by atoms with Gasteiger partial charge >= 0.3 is 41.6 Å². The van der Waals surface area contributed by atoms with Gasteiger partial charge in [-0.2, -0.15) is 0 Å². The van der Waals surface area contributed by atoms with E-state index in [1.807, 2.05) is 30.3 Å². The van der Waals surface area contributed by atoms with Crippen LogP contribution in [0.15, 0.2) is 89.5 Å². The largest absolute Gasteiger partial charge is 1.00 e. The van der Waals surface area contributed by atoms with E-state index in [9.17, 15) is 29.1 Å². The number of Topliss-reactive ketones (excluding diaryl/α,β-unsaturated/α-hetero) is 1. The van der Waals surface area contributed by atoms with Gasteiger partial charge in [0.1, 0.15) is 0 Å². The second-order valence-electron chi connectivity index (χ2n) is 9.06. The van der Waals surface area contributed by atoms with Crippen molar-refractivity contribution in [3.63, 3.8) is 0 Å². The molecule has 40 heavy (non-hydrogen) atoms. The Kier molecular flexibility index (Phi) is 10.2. The maximum atomic E-state index is 13.3. The second kappa shape index (κ2) is 13.4. The number of hydrogen-bond acceptors (Lipinski definition) is 5. The van der Waals surface area contributed by atoms with Gasteiger partial charge in [0, 0.05) is 35.8 Å². The molecular weight excluding hydrogens is 523 g/mol. The minimum Gasteiger partial charge on any atom is -1.00 e. The first-order chi connectivity index (χ1) is 18.7. The maximum absolute atomic E-state index is 13.3. The first kappa shape index (κ1) is 30.6. The first-order valence-electron chi connectivity index (χ1n) is 12.4. The zero-order valence-electron chi connectivity index (χ0n) is 23.5. The van der Waals surface area contributed by atoms with E-state index in [1.165, 1.54) is 15.7 Å². The van der Waals surface area contributed by atoms with Gasteiger partial charge in [0.25, 0.3) is 11.5 Å². The standard InChI is InChI=1S/C29H28N4O6.Na.H/c1-3-32-17-18(2)26(36)25(28(32)38)31-29(39)30-23(16-24(34)35)20-11-7-12-21(15-20)33-14-8-13-22(27(33)37)19-9-5-4-6-10-19;;/h4-15,17,23,25H,3,16H2,1-2H3,(H,34,35)(H2,30,31,39);;/q;+1;-1. The van der Waals surface area contributed by atoms with Gasteiger partial charge in [-0.25, -0.2) is 4.79 Å². The van der Waals surface area contributed by atoms with Crippen LogP contribution < -0.4 is 45.8 Å². The number of rotatable bonds is 8. The van der Waals surface area contributed by atoms with Crippen molar-refractivity contribution in [2.24, 2.45) is 0 Å². The molecule has 11 heteroatoms. The van der Waals surface area contributed by atoms with Crippen molar-refractivity contribution in [3.8, 4) is 16.8 Å². The minimum atomic E-state index is -1.41. The van der Waals surface area contributed by atoms with Gasteiger partial charge in [-0.15, -0.1) is 0 Å². The molecule has 0 spiro atoms. The van der Waals surface area contributed by atoms with Crippen molar-refractivity contribution < 1.29 is 55.3 Å². The molecule has 0 bridgehead atoms. The molecule has 2 aromatic carbocycles. The summed E-state index contributed by atoms with van der Waals surface area (Å²) in [5, 5.41) is 14.5. The molecule has 3 aromatic rings. The van der Waals surface area contributed by atoms with Crippen LogP contribution in [0.3, 0.4) is 0 Å². The molecule has 4 rings (SSSR count). The predicted molar refractivity (Wildman–Crippen MR) is 145 cm³/mol. The summed E-state index contributed by atoms with van der Waals surface area (Å²) in [5.74, 6) is -2.28. The fourth-order valence-electron chi connectivity index (χ4n) is 4.43. The Morgan fingerprint density at radius 3 is 2.42 bits per heavy atom. The molecule has 3 N–H and O–H groups in total. The van der Waals surface area contributed by atoms with Crippen LogP contribution in [-0.2, 0) is 14.4 Å². The van der Waals surface area contributed by atoms with Crippen molar-refractivity contribution in [3.05, 3.63) is 101 Å². The average Bonchev–Trinajstić information content (AvgIpc) is 2.93. The van der Waals surface area contributed by atoms with E-state index >= 15 is 0 Å². The van der Waals surface area contributed by atoms with Gasteiger partial charge in [-0.3, -0.25) is 23.7 Å². The summed E-state index contributed by atoms with van der Waals surface area (Å²) >= 11 is 0. The van der Waals surface area contributed by atoms with E-state index < -0.39 is 42.2 Å². The molecule has 0 fully saturated rings. The average molecular weight is 553 g/mol. The zero-order valence-corrected chi connectivity index (χ0v) is 24.5. The van der Waals surface area contributed by atoms with Crippen LogP contribution in [0.5, 0.6) is 0 Å². The van der Waals surface area contributed by atoms with E-state index in [4.69, 9.17) is 0 Å². The van der Waals surface area contributed by atoms with Gasteiger partial charge in [0.05, 0.1) is 12.5 Å². The van der Waals surface area contributed by atoms with Gasteiger partial charge in [-0.1, -0.05) is 42.5 Å². The monoisotopic (exact) mass is 552 g/mol. The number of ketones is 1. The zero-order chi connectivity index (χ0) is 28.1. The summed E-state index contributed by atoms with van der Waals surface area (Å²) in [7, 11) is 0. The molecule has 0 aliphatic carbocycles. The molecule has 2 atom stereocenters. The third-order valence-corrected chi connectivity index (χ3v) is 6.41. The van der Waals surface area contributed by atoms with Gasteiger partial charge in [-0.05, 0) is 49.2 Å². The smallest absolute Gasteiger partial charge is 1.00 e. The van der Waals surface area contributed by atoms with Gasteiger partial charge < -0.3 is 22.1 Å². The normalized spacial score (nSPS) is 15.5. The summed E-state index contributed by atoms with van der Waals surface area (Å²) in [5.41, 5.74) is 2.21. The number of aliphatic carboxylic acids is 1. The molecule has 2 heterocycles. The summed E-state index contributed by atoms with van der Waals surface area (Å²) in [6, 6.07) is 16.0. The Hall–Kier alpha value is -3.99. The van der Waals surface area contributed by atoms with Crippen molar-refractivity contribution in [2.75, 3.05) is 6.54 Å². The van der Waals surface area contributed by atoms with Crippen molar-refractivity contribution in [1.82, 2.24) is 20.1 Å². The Labute approximate surface area is 254 Å². The molecule has 10 nitrogen and oxygen atoms in total. The van der Waals surface area contributed by atoms with E-state index in [2.05, 4.69) is 10.6 Å². The molecule has 1 aliphatic heterocycles. The Balaban J connectivity index is 0.00000294. The number of carboxylic acids is 1. The number of benzene rings is 2. The molecule has 2 unspecified atom stereocenters. The summed E-state index contributed by atoms with van der Waals surface area (Å²) in [6.45, 7) is 3.62. The topological polar surface area (TPSA) is 138 Å². The predicted octanol–water partition coefficient (Wildman–Crippen LogP) is 0.140. The third-order valence-electron chi connectivity index (χ3n) is 6.41. The minimum absolute atomic E-state index is 0. The van der Waals surface area contributed by atoms with Crippen molar-refractivity contribution in [2.45, 2.75) is 32.4 Å². The van der Waals surface area contributed by atoms with E-state index in [0.29, 0.717) is 28.9 Å². The molecular formula is C29H29N4NaO6. The molecule has 202 valence electrons. The Morgan fingerprint density at radius 2 is 1.75 bits per heavy atom. The summed E-state index contributed by atoms with van der Waals surface area (Å²) in [4.78, 5) is 64.3. The second-order valence-corrected chi connectivity index (χ2v) is 9.06. The number of carbonyl (C=O) groups excluding carboxylic acids is 3. The molecule has 0 saturated heterocycles. The molecule has 0 radical (unpaired) electrons. The number of nitrogens with zero attached hydrogens (tertiary/aromatic N) is 2. The number of carboxylic acid groups (broad SMARTS) is 1. The van der Waals surface area contributed by atoms with Crippen LogP contribution in [0, 0.1) is 0 Å². The fourth-order valence-corrected chi connectivity index (χ4v) is 4.43. The van der Waals surface area contributed by atoms with Gasteiger partial charge in [0.2, 0.25) is 0 Å². The third kappa shape index (κ3) is 6.77. The molecule has 1 aromatic heterocycles. The molecule has 3 amide bonds. The Bertz CT molecular complexity index is 1520. The fraction of sp³-hybridized carbons (Fsp3) is 0.207. The number of nitrogens with one attached hydrogen (secondary N) is 2. The van der Waals surface area contributed by atoms with Crippen LogP contribution >= 0.6 is 0 Å². The van der Waals surface area contributed by atoms with Crippen LogP contribution in [0.25, 0.3) is 16.8 Å². The number of urea groups is 1. The van der Waals surface area contributed by atoms with Crippen molar-refractivity contribution >= 4 is 23.7 Å². The van der Waals surface area contributed by atoms with Crippen LogP contribution in [0.2, 0.25) is 0 Å². The number of pyridine rings is 1. The SMILES string of the molecule is CCN1C=C(C)C(=O)C(NC(=O)NC(CC(=O)O)c2cccc(-n3cccc(-c4ccccc4)c3=O)c2)C1=O.[H-].[Na+]. The Morgan fingerprint density at radius 1 is 1.02 bits per heavy atom. The number of hydrogen-bond donors (Lipinski definition) is 3. The first-order valence-corrected chi connectivity index (χ1v) is 12.4. The number of aromatic nitrogens is 1. The number of likely N-dealkylation sites (N-methyl/N-ethyl adjacent to an activating group) is 1. The van der Waals surface area contributed by atoms with E-state index in [-0.39, 0.29) is 36.5 Å². The summed E-state index contributed by atoms with van der Waals surface area (Å²) in [6.07, 6.45) is 2.58.